The molecule has 2 unspecified atom stereocenters. The summed E-state index contributed by atoms with van der Waals surface area (Å²) in [6.07, 6.45) is -0.870. The Bertz CT molecular complexity index is 596. The van der Waals surface area contributed by atoms with Gasteiger partial charge in [-0.15, -0.1) is 0 Å². The van der Waals surface area contributed by atoms with Crippen LogP contribution in [-0.4, -0.2) is 24.2 Å². The van der Waals surface area contributed by atoms with E-state index in [1.165, 1.54) is 0 Å². The summed E-state index contributed by atoms with van der Waals surface area (Å²) in [5.41, 5.74) is -1.73. The first-order valence-electron chi connectivity index (χ1n) is 6.53. The number of halogens is 3. The Morgan fingerprint density at radius 2 is 1.95 bits per heavy atom. The molecule has 2 rings (SSSR count). The molecular weight excluding hydrogens is 342 g/mol. The summed E-state index contributed by atoms with van der Waals surface area (Å²) >= 11 is 3.15. The molecule has 0 saturated carbocycles. The van der Waals surface area contributed by atoms with Crippen molar-refractivity contribution >= 4 is 27.8 Å². The topological polar surface area (TPSA) is 26.3 Å². The van der Waals surface area contributed by atoms with Crippen LogP contribution in [0.4, 0.5) is 8.78 Å². The lowest BCUT2D eigenvalue weighted by Gasteiger charge is -2.32. The predicted octanol–water partition coefficient (Wildman–Crippen LogP) is 4.36. The van der Waals surface area contributed by atoms with Crippen molar-refractivity contribution in [2.45, 2.75) is 31.7 Å². The third-order valence-corrected chi connectivity index (χ3v) is 3.73. The standard InChI is InChI=1S/C16H15BrF2O2/c1-10(2)21-15-14(18)13(11-6-4-3-5-7-11)12(17)8-16(15,19)9-20/h3-10,15H,1-2H3. The van der Waals surface area contributed by atoms with Crippen molar-refractivity contribution in [3.8, 4) is 0 Å². The number of allylic oxidation sites excluding steroid dienone is 2. The second-order valence-corrected chi connectivity index (χ2v) is 5.95. The van der Waals surface area contributed by atoms with Gasteiger partial charge in [-0.3, -0.25) is 4.79 Å². The number of hydrogen-bond donors (Lipinski definition) is 0. The van der Waals surface area contributed by atoms with Crippen molar-refractivity contribution in [3.63, 3.8) is 0 Å². The lowest BCUT2D eigenvalue weighted by atomic mass is 9.88. The summed E-state index contributed by atoms with van der Waals surface area (Å²) < 4.78 is 34.9. The van der Waals surface area contributed by atoms with E-state index in [1.807, 2.05) is 0 Å². The maximum atomic E-state index is 14.8. The highest BCUT2D eigenvalue weighted by molar-refractivity contribution is 9.12. The molecule has 1 aromatic carbocycles. The SMILES string of the molecule is CC(C)OC1C(F)=C(c2ccccc2)C(Br)=CC1(F)C=O. The number of carbonyl (C=O) groups excluding carboxylic acids is 1. The normalized spacial score (nSPS) is 26.0. The molecule has 0 N–H and O–H groups in total. The predicted molar refractivity (Wildman–Crippen MR) is 81.4 cm³/mol. The summed E-state index contributed by atoms with van der Waals surface area (Å²) in [5.74, 6) is -0.793. The van der Waals surface area contributed by atoms with Crippen LogP contribution in [0.15, 0.2) is 46.7 Å². The average molecular weight is 357 g/mol. The maximum Gasteiger partial charge on any atom is 0.217 e. The van der Waals surface area contributed by atoms with Crippen LogP contribution in [0, 0.1) is 0 Å². The van der Waals surface area contributed by atoms with Gasteiger partial charge in [0.15, 0.2) is 12.4 Å². The smallest absolute Gasteiger partial charge is 0.217 e. The summed E-state index contributed by atoms with van der Waals surface area (Å²) in [7, 11) is 0. The first-order valence-corrected chi connectivity index (χ1v) is 7.33. The fourth-order valence-electron chi connectivity index (χ4n) is 2.19. The number of ether oxygens (including phenoxy) is 1. The van der Waals surface area contributed by atoms with E-state index in [9.17, 15) is 13.6 Å². The van der Waals surface area contributed by atoms with E-state index in [0.717, 1.165) is 6.08 Å². The molecule has 2 atom stereocenters. The molecule has 1 aliphatic rings. The zero-order valence-corrected chi connectivity index (χ0v) is 13.2. The lowest BCUT2D eigenvalue weighted by Crippen LogP contribution is -2.44. The summed E-state index contributed by atoms with van der Waals surface area (Å²) in [6.45, 7) is 3.32. The number of benzene rings is 1. The van der Waals surface area contributed by atoms with Crippen molar-refractivity contribution in [1.29, 1.82) is 0 Å². The quantitative estimate of drug-likeness (QED) is 0.749. The van der Waals surface area contributed by atoms with Crippen molar-refractivity contribution < 1.29 is 18.3 Å². The van der Waals surface area contributed by atoms with E-state index >= 15 is 0 Å². The number of rotatable bonds is 4. The highest BCUT2D eigenvalue weighted by Crippen LogP contribution is 2.43. The summed E-state index contributed by atoms with van der Waals surface area (Å²) in [4.78, 5) is 11.1. The van der Waals surface area contributed by atoms with Gasteiger partial charge in [0.25, 0.3) is 0 Å². The minimum absolute atomic E-state index is 0.0721. The molecule has 0 bridgehead atoms. The van der Waals surface area contributed by atoms with Gasteiger partial charge in [-0.2, -0.15) is 0 Å². The Balaban J connectivity index is 2.56. The molecule has 0 radical (unpaired) electrons. The number of carbonyl (C=O) groups is 1. The van der Waals surface area contributed by atoms with Crippen LogP contribution in [0.5, 0.6) is 0 Å². The van der Waals surface area contributed by atoms with Crippen molar-refractivity contribution in [2.75, 3.05) is 0 Å². The van der Waals surface area contributed by atoms with Crippen LogP contribution >= 0.6 is 15.9 Å². The fourth-order valence-corrected chi connectivity index (χ4v) is 2.96. The molecular formula is C16H15BrF2O2. The van der Waals surface area contributed by atoms with E-state index in [2.05, 4.69) is 15.9 Å². The molecule has 1 aromatic rings. The van der Waals surface area contributed by atoms with Gasteiger partial charge in [0, 0.05) is 10.1 Å². The zero-order chi connectivity index (χ0) is 15.6. The Labute approximate surface area is 130 Å². The average Bonchev–Trinajstić information content (AvgIpc) is 2.44. The molecule has 0 heterocycles. The van der Waals surface area contributed by atoms with Crippen LogP contribution in [0.3, 0.4) is 0 Å². The van der Waals surface area contributed by atoms with Gasteiger partial charge in [0.1, 0.15) is 5.83 Å². The molecule has 0 saturated heterocycles. The molecule has 5 heteroatoms. The molecule has 112 valence electrons. The van der Waals surface area contributed by atoms with Gasteiger partial charge in [0.2, 0.25) is 5.67 Å². The minimum atomic E-state index is -2.52. The zero-order valence-electron chi connectivity index (χ0n) is 11.6. The molecule has 0 aliphatic heterocycles. The van der Waals surface area contributed by atoms with E-state index < -0.39 is 23.7 Å². The van der Waals surface area contributed by atoms with Crippen LogP contribution < -0.4 is 0 Å². The van der Waals surface area contributed by atoms with Gasteiger partial charge in [-0.05, 0) is 25.5 Å². The molecule has 0 amide bonds. The van der Waals surface area contributed by atoms with Crippen LogP contribution in [-0.2, 0) is 9.53 Å². The Kier molecular flexibility index (Phi) is 4.74. The third kappa shape index (κ3) is 3.14. The van der Waals surface area contributed by atoms with E-state index in [0.29, 0.717) is 5.56 Å². The molecule has 0 spiro atoms. The van der Waals surface area contributed by atoms with Crippen LogP contribution in [0.25, 0.3) is 5.57 Å². The van der Waals surface area contributed by atoms with Gasteiger partial charge in [0.05, 0.1) is 6.10 Å². The first kappa shape index (κ1) is 16.0. The Morgan fingerprint density at radius 1 is 1.33 bits per heavy atom. The van der Waals surface area contributed by atoms with Gasteiger partial charge in [-0.25, -0.2) is 8.78 Å². The number of hydrogen-bond acceptors (Lipinski definition) is 2. The third-order valence-electron chi connectivity index (χ3n) is 3.11. The molecule has 0 fully saturated rings. The first-order chi connectivity index (χ1) is 9.89. The summed E-state index contributed by atoms with van der Waals surface area (Å²) in [5, 5.41) is 0. The summed E-state index contributed by atoms with van der Waals surface area (Å²) in [6, 6.07) is 8.73. The van der Waals surface area contributed by atoms with E-state index in [1.54, 1.807) is 44.2 Å². The number of aldehydes is 1. The molecule has 1 aliphatic carbocycles. The number of alkyl halides is 1. The monoisotopic (exact) mass is 356 g/mol. The van der Waals surface area contributed by atoms with E-state index in [-0.39, 0.29) is 16.3 Å². The van der Waals surface area contributed by atoms with Crippen molar-refractivity contribution in [2.24, 2.45) is 0 Å². The largest absolute Gasteiger partial charge is 0.364 e. The fraction of sp³-hybridized carbons (Fsp3) is 0.312. The molecule has 0 aromatic heterocycles. The van der Waals surface area contributed by atoms with Crippen molar-refractivity contribution in [1.82, 2.24) is 0 Å². The molecule has 2 nitrogen and oxygen atoms in total. The van der Waals surface area contributed by atoms with Crippen LogP contribution in [0.2, 0.25) is 0 Å². The Morgan fingerprint density at radius 3 is 2.48 bits per heavy atom. The van der Waals surface area contributed by atoms with Crippen LogP contribution in [0.1, 0.15) is 19.4 Å². The lowest BCUT2D eigenvalue weighted by molar-refractivity contribution is -0.126. The Hall–Kier alpha value is -1.33. The van der Waals surface area contributed by atoms with Gasteiger partial charge >= 0.3 is 0 Å². The highest BCUT2D eigenvalue weighted by Gasteiger charge is 2.46. The highest BCUT2D eigenvalue weighted by atomic mass is 79.9. The second-order valence-electron chi connectivity index (χ2n) is 5.09. The minimum Gasteiger partial charge on any atom is -0.364 e. The second kappa shape index (κ2) is 6.20. The maximum absolute atomic E-state index is 14.8. The van der Waals surface area contributed by atoms with Gasteiger partial charge in [-0.1, -0.05) is 46.3 Å². The molecule has 21 heavy (non-hydrogen) atoms. The van der Waals surface area contributed by atoms with E-state index in [4.69, 9.17) is 4.74 Å². The van der Waals surface area contributed by atoms with Crippen molar-refractivity contribution in [3.05, 3.63) is 52.3 Å². The van der Waals surface area contributed by atoms with Gasteiger partial charge < -0.3 is 4.74 Å².